The first-order chi connectivity index (χ1) is 8.81. The first kappa shape index (κ1) is 12.6. The second-order valence-corrected chi connectivity index (χ2v) is 3.92. The molecule has 0 bridgehead atoms. The molecule has 0 spiro atoms. The van der Waals surface area contributed by atoms with E-state index in [9.17, 15) is 4.79 Å². The Morgan fingerprint density at radius 2 is 2.06 bits per heavy atom. The molecule has 1 aromatic heterocycles. The van der Waals surface area contributed by atoms with Crippen molar-refractivity contribution in [2.24, 2.45) is 0 Å². The van der Waals surface area contributed by atoms with Crippen molar-refractivity contribution in [1.82, 2.24) is 4.57 Å². The fourth-order valence-electron chi connectivity index (χ4n) is 1.82. The van der Waals surface area contributed by atoms with Crippen LogP contribution in [0.3, 0.4) is 0 Å². The topological polar surface area (TPSA) is 40.5 Å². The monoisotopic (exact) mass is 247 g/mol. The molecule has 0 radical (unpaired) electrons. The van der Waals surface area contributed by atoms with E-state index in [2.05, 4.69) is 0 Å². The van der Waals surface area contributed by atoms with E-state index >= 15 is 0 Å². The molecule has 0 N–H and O–H groups in total. The maximum absolute atomic E-state index is 11.6. The van der Waals surface area contributed by atoms with Gasteiger partial charge in [0.15, 0.2) is 0 Å². The summed E-state index contributed by atoms with van der Waals surface area (Å²) in [6, 6.07) is 9.93. The SMILES string of the molecule is CCOCCOC(=O)Cn1ccc2ccccc21. The molecule has 4 heteroatoms. The van der Waals surface area contributed by atoms with Crippen LogP contribution in [-0.2, 0) is 20.8 Å². The van der Waals surface area contributed by atoms with Crippen LogP contribution in [0.15, 0.2) is 36.5 Å². The molecule has 4 nitrogen and oxygen atoms in total. The Morgan fingerprint density at radius 3 is 2.89 bits per heavy atom. The number of hydrogen-bond donors (Lipinski definition) is 0. The molecule has 0 saturated carbocycles. The van der Waals surface area contributed by atoms with Crippen LogP contribution in [0.25, 0.3) is 10.9 Å². The molecule has 0 aliphatic rings. The Bertz CT molecular complexity index is 518. The van der Waals surface area contributed by atoms with E-state index in [4.69, 9.17) is 9.47 Å². The molecule has 0 aliphatic heterocycles. The average molecular weight is 247 g/mol. The van der Waals surface area contributed by atoms with E-state index in [1.165, 1.54) is 0 Å². The van der Waals surface area contributed by atoms with Crippen molar-refractivity contribution < 1.29 is 14.3 Å². The normalized spacial score (nSPS) is 10.7. The van der Waals surface area contributed by atoms with Crippen molar-refractivity contribution in [3.63, 3.8) is 0 Å². The fraction of sp³-hybridized carbons (Fsp3) is 0.357. The summed E-state index contributed by atoms with van der Waals surface area (Å²) in [5, 5.41) is 1.12. The average Bonchev–Trinajstić information content (AvgIpc) is 2.78. The van der Waals surface area contributed by atoms with Gasteiger partial charge in [-0.05, 0) is 24.4 Å². The Kier molecular flexibility index (Phi) is 4.36. The fourth-order valence-corrected chi connectivity index (χ4v) is 1.82. The summed E-state index contributed by atoms with van der Waals surface area (Å²) in [6.45, 7) is 3.55. The van der Waals surface area contributed by atoms with Crippen molar-refractivity contribution in [1.29, 1.82) is 0 Å². The van der Waals surface area contributed by atoms with Crippen LogP contribution in [0, 0.1) is 0 Å². The van der Waals surface area contributed by atoms with Gasteiger partial charge >= 0.3 is 5.97 Å². The third kappa shape index (κ3) is 3.11. The summed E-state index contributed by atoms with van der Waals surface area (Å²) < 4.78 is 12.1. The Labute approximate surface area is 106 Å². The minimum absolute atomic E-state index is 0.236. The van der Waals surface area contributed by atoms with Gasteiger partial charge in [0.1, 0.15) is 13.2 Å². The van der Waals surface area contributed by atoms with Crippen LogP contribution in [0.4, 0.5) is 0 Å². The highest BCUT2D eigenvalue weighted by Gasteiger charge is 2.06. The molecule has 2 rings (SSSR count). The van der Waals surface area contributed by atoms with Gasteiger partial charge in [0.25, 0.3) is 0 Å². The van der Waals surface area contributed by atoms with Gasteiger partial charge in [0.2, 0.25) is 0 Å². The van der Waals surface area contributed by atoms with Crippen molar-refractivity contribution in [2.75, 3.05) is 19.8 Å². The predicted molar refractivity (Wildman–Crippen MR) is 69.4 cm³/mol. The molecule has 0 aliphatic carbocycles. The van der Waals surface area contributed by atoms with E-state index in [0.717, 1.165) is 10.9 Å². The van der Waals surface area contributed by atoms with Gasteiger partial charge in [-0.1, -0.05) is 18.2 Å². The van der Waals surface area contributed by atoms with Gasteiger partial charge in [-0.15, -0.1) is 0 Å². The highest BCUT2D eigenvalue weighted by atomic mass is 16.6. The Hall–Kier alpha value is -1.81. The Morgan fingerprint density at radius 1 is 1.22 bits per heavy atom. The minimum Gasteiger partial charge on any atom is -0.462 e. The maximum Gasteiger partial charge on any atom is 0.326 e. The lowest BCUT2D eigenvalue weighted by molar-refractivity contribution is -0.145. The number of aromatic nitrogens is 1. The number of ether oxygens (including phenoxy) is 2. The number of carbonyl (C=O) groups is 1. The molecular weight excluding hydrogens is 230 g/mol. The number of hydrogen-bond acceptors (Lipinski definition) is 3. The van der Waals surface area contributed by atoms with Crippen LogP contribution >= 0.6 is 0 Å². The van der Waals surface area contributed by atoms with Crippen LogP contribution in [0.2, 0.25) is 0 Å². The Balaban J connectivity index is 1.91. The molecule has 0 atom stereocenters. The van der Waals surface area contributed by atoms with Gasteiger partial charge in [0.05, 0.1) is 6.61 Å². The zero-order chi connectivity index (χ0) is 12.8. The van der Waals surface area contributed by atoms with Crippen molar-refractivity contribution >= 4 is 16.9 Å². The lowest BCUT2D eigenvalue weighted by atomic mass is 10.2. The molecule has 18 heavy (non-hydrogen) atoms. The molecule has 96 valence electrons. The molecule has 0 amide bonds. The first-order valence-corrected chi connectivity index (χ1v) is 6.08. The lowest BCUT2D eigenvalue weighted by Gasteiger charge is -2.06. The van der Waals surface area contributed by atoms with E-state index in [1.807, 2.05) is 48.0 Å². The van der Waals surface area contributed by atoms with E-state index in [-0.39, 0.29) is 12.5 Å². The van der Waals surface area contributed by atoms with Gasteiger partial charge in [-0.3, -0.25) is 4.79 Å². The number of rotatable bonds is 6. The second-order valence-electron chi connectivity index (χ2n) is 3.92. The molecule has 1 aromatic carbocycles. The summed E-state index contributed by atoms with van der Waals surface area (Å²) in [7, 11) is 0. The third-order valence-electron chi connectivity index (χ3n) is 2.67. The predicted octanol–water partition coefficient (Wildman–Crippen LogP) is 2.22. The van der Waals surface area contributed by atoms with Gasteiger partial charge in [0, 0.05) is 18.3 Å². The van der Waals surface area contributed by atoms with E-state index in [0.29, 0.717) is 19.8 Å². The third-order valence-corrected chi connectivity index (χ3v) is 2.67. The number of fused-ring (bicyclic) bond motifs is 1. The summed E-state index contributed by atoms with van der Waals surface area (Å²) >= 11 is 0. The van der Waals surface area contributed by atoms with Crippen LogP contribution in [-0.4, -0.2) is 30.4 Å². The number of benzene rings is 1. The molecule has 0 fully saturated rings. The molecule has 2 aromatic rings. The zero-order valence-corrected chi connectivity index (χ0v) is 10.5. The van der Waals surface area contributed by atoms with Crippen LogP contribution in [0.1, 0.15) is 6.92 Å². The van der Waals surface area contributed by atoms with E-state index in [1.54, 1.807) is 0 Å². The van der Waals surface area contributed by atoms with Crippen LogP contribution in [0.5, 0.6) is 0 Å². The highest BCUT2D eigenvalue weighted by molar-refractivity contribution is 5.81. The zero-order valence-electron chi connectivity index (χ0n) is 10.5. The molecule has 1 heterocycles. The van der Waals surface area contributed by atoms with Gasteiger partial charge < -0.3 is 14.0 Å². The molecule has 0 saturated heterocycles. The van der Waals surface area contributed by atoms with Crippen LogP contribution < -0.4 is 0 Å². The summed E-state index contributed by atoms with van der Waals surface area (Å²) in [6.07, 6.45) is 1.90. The number of para-hydroxylation sites is 1. The van der Waals surface area contributed by atoms with E-state index < -0.39 is 0 Å². The molecular formula is C14H17NO3. The quantitative estimate of drug-likeness (QED) is 0.580. The number of esters is 1. The van der Waals surface area contributed by atoms with Crippen molar-refractivity contribution in [3.8, 4) is 0 Å². The second kappa shape index (κ2) is 6.21. The molecule has 0 unspecified atom stereocenters. The number of nitrogens with zero attached hydrogens (tertiary/aromatic N) is 1. The maximum atomic E-state index is 11.6. The highest BCUT2D eigenvalue weighted by Crippen LogP contribution is 2.14. The first-order valence-electron chi connectivity index (χ1n) is 6.08. The summed E-state index contributed by atoms with van der Waals surface area (Å²) in [5.41, 5.74) is 1.04. The van der Waals surface area contributed by atoms with Gasteiger partial charge in [-0.25, -0.2) is 0 Å². The van der Waals surface area contributed by atoms with Gasteiger partial charge in [-0.2, -0.15) is 0 Å². The summed E-state index contributed by atoms with van der Waals surface area (Å²) in [5.74, 6) is -0.240. The van der Waals surface area contributed by atoms with Crippen molar-refractivity contribution in [3.05, 3.63) is 36.5 Å². The minimum atomic E-state index is -0.240. The summed E-state index contributed by atoms with van der Waals surface area (Å²) in [4.78, 5) is 11.6. The largest absolute Gasteiger partial charge is 0.462 e. The van der Waals surface area contributed by atoms with Crippen molar-refractivity contribution in [2.45, 2.75) is 13.5 Å². The number of carbonyl (C=O) groups excluding carboxylic acids is 1. The lowest BCUT2D eigenvalue weighted by Crippen LogP contribution is -2.15. The standard InChI is InChI=1S/C14H17NO3/c1-2-17-9-10-18-14(16)11-15-8-7-12-5-3-4-6-13(12)15/h3-8H,2,9-11H2,1H3. The smallest absolute Gasteiger partial charge is 0.326 e.